The Bertz CT molecular complexity index is 424. The van der Waals surface area contributed by atoms with Crippen molar-refractivity contribution in [3.63, 3.8) is 0 Å². The Hall–Kier alpha value is -1.69. The molecule has 1 unspecified atom stereocenters. The molecule has 0 aromatic carbocycles. The summed E-state index contributed by atoms with van der Waals surface area (Å²) in [6.45, 7) is 3.82. The molecule has 1 atom stereocenters. The van der Waals surface area contributed by atoms with Gasteiger partial charge in [0.15, 0.2) is 0 Å². The van der Waals surface area contributed by atoms with Crippen molar-refractivity contribution in [3.05, 3.63) is 18.1 Å². The van der Waals surface area contributed by atoms with E-state index in [1.807, 2.05) is 0 Å². The largest absolute Gasteiger partial charge is 0.391 e. The molecule has 0 spiro atoms. The fourth-order valence-corrected chi connectivity index (χ4v) is 1.90. The zero-order valence-electron chi connectivity index (χ0n) is 10.5. The van der Waals surface area contributed by atoms with Crippen molar-refractivity contribution < 1.29 is 9.90 Å². The van der Waals surface area contributed by atoms with E-state index in [0.29, 0.717) is 31.0 Å². The van der Waals surface area contributed by atoms with Crippen molar-refractivity contribution in [3.8, 4) is 0 Å². The molecule has 0 saturated carbocycles. The fourth-order valence-electron chi connectivity index (χ4n) is 1.90. The second-order valence-corrected chi connectivity index (χ2v) is 4.41. The zero-order valence-corrected chi connectivity index (χ0v) is 10.5. The second kappa shape index (κ2) is 5.77. The molecule has 1 aromatic rings. The van der Waals surface area contributed by atoms with Crippen LogP contribution in [0.3, 0.4) is 0 Å². The molecular weight excluding hydrogens is 232 g/mol. The van der Waals surface area contributed by atoms with Crippen LogP contribution in [0.4, 0.5) is 5.82 Å². The van der Waals surface area contributed by atoms with Crippen LogP contribution in [0.2, 0.25) is 0 Å². The lowest BCUT2D eigenvalue weighted by Gasteiger charge is -2.15. The molecule has 0 bridgehead atoms. The molecule has 1 aromatic heterocycles. The summed E-state index contributed by atoms with van der Waals surface area (Å²) in [6.07, 6.45) is 4.27. The second-order valence-electron chi connectivity index (χ2n) is 4.41. The van der Waals surface area contributed by atoms with Crippen LogP contribution in [0.1, 0.15) is 30.3 Å². The molecule has 1 aliphatic rings. The number of hydrogen-bond acceptors (Lipinski definition) is 5. The molecule has 98 valence electrons. The van der Waals surface area contributed by atoms with Crippen LogP contribution < -0.4 is 5.32 Å². The number of aliphatic hydroxyl groups is 1. The third kappa shape index (κ3) is 2.95. The van der Waals surface area contributed by atoms with E-state index in [-0.39, 0.29) is 5.91 Å². The third-order valence-corrected chi connectivity index (χ3v) is 2.86. The van der Waals surface area contributed by atoms with Crippen molar-refractivity contribution in [1.29, 1.82) is 0 Å². The number of nitrogens with zero attached hydrogens (tertiary/aromatic N) is 3. The summed E-state index contributed by atoms with van der Waals surface area (Å²) in [5.74, 6) is 0.446. The Morgan fingerprint density at radius 1 is 1.61 bits per heavy atom. The highest BCUT2D eigenvalue weighted by Gasteiger charge is 2.26. The first-order chi connectivity index (χ1) is 8.70. The van der Waals surface area contributed by atoms with E-state index in [1.165, 1.54) is 6.20 Å². The molecule has 2 N–H and O–H groups in total. The number of nitrogens with one attached hydrogen (secondary N) is 1. The maximum Gasteiger partial charge on any atom is 0.274 e. The van der Waals surface area contributed by atoms with Gasteiger partial charge in [-0.25, -0.2) is 4.98 Å². The van der Waals surface area contributed by atoms with Crippen LogP contribution in [0.25, 0.3) is 0 Å². The van der Waals surface area contributed by atoms with Gasteiger partial charge in [-0.2, -0.15) is 0 Å². The summed E-state index contributed by atoms with van der Waals surface area (Å²) in [4.78, 5) is 22.0. The SMILES string of the molecule is CCCNc1cncc(C(=O)N2CCC(O)C2)n1. The summed E-state index contributed by atoms with van der Waals surface area (Å²) in [5, 5.41) is 12.5. The van der Waals surface area contributed by atoms with Crippen LogP contribution in [-0.4, -0.2) is 51.6 Å². The van der Waals surface area contributed by atoms with Crippen molar-refractivity contribution in [2.75, 3.05) is 25.0 Å². The van der Waals surface area contributed by atoms with E-state index in [9.17, 15) is 9.90 Å². The Morgan fingerprint density at radius 3 is 3.11 bits per heavy atom. The van der Waals surface area contributed by atoms with Crippen LogP contribution in [-0.2, 0) is 0 Å². The first-order valence-corrected chi connectivity index (χ1v) is 6.24. The van der Waals surface area contributed by atoms with Crippen LogP contribution >= 0.6 is 0 Å². The first kappa shape index (κ1) is 12.8. The minimum absolute atomic E-state index is 0.167. The van der Waals surface area contributed by atoms with Crippen LogP contribution in [0, 0.1) is 0 Å². The van der Waals surface area contributed by atoms with E-state index in [0.717, 1.165) is 13.0 Å². The zero-order chi connectivity index (χ0) is 13.0. The lowest BCUT2D eigenvalue weighted by Crippen LogP contribution is -2.30. The number of rotatable bonds is 4. The lowest BCUT2D eigenvalue weighted by molar-refractivity contribution is 0.0759. The predicted molar refractivity (Wildman–Crippen MR) is 67.3 cm³/mol. The number of β-amino-alcohol motifs (C(OH)–C–C–N with tert-alkyl or cyclic N) is 1. The maximum absolute atomic E-state index is 12.1. The van der Waals surface area contributed by atoms with E-state index in [1.54, 1.807) is 11.1 Å². The fraction of sp³-hybridized carbons (Fsp3) is 0.583. The van der Waals surface area contributed by atoms with Gasteiger partial charge in [-0.05, 0) is 12.8 Å². The number of carbonyl (C=O) groups is 1. The summed E-state index contributed by atoms with van der Waals surface area (Å²) in [6, 6.07) is 0. The van der Waals surface area contributed by atoms with Gasteiger partial charge in [-0.15, -0.1) is 0 Å². The van der Waals surface area contributed by atoms with E-state index >= 15 is 0 Å². The Balaban J connectivity index is 2.05. The molecule has 6 heteroatoms. The topological polar surface area (TPSA) is 78.4 Å². The van der Waals surface area contributed by atoms with Gasteiger partial charge in [0.2, 0.25) is 0 Å². The van der Waals surface area contributed by atoms with Crippen LogP contribution in [0.5, 0.6) is 0 Å². The molecule has 6 nitrogen and oxygen atoms in total. The Morgan fingerprint density at radius 2 is 2.44 bits per heavy atom. The summed E-state index contributed by atoms with van der Waals surface area (Å²) >= 11 is 0. The quantitative estimate of drug-likeness (QED) is 0.814. The average molecular weight is 250 g/mol. The normalized spacial score (nSPS) is 19.0. The highest BCUT2D eigenvalue weighted by atomic mass is 16.3. The third-order valence-electron chi connectivity index (χ3n) is 2.86. The average Bonchev–Trinajstić information content (AvgIpc) is 2.82. The van der Waals surface area contributed by atoms with Crippen molar-refractivity contribution >= 4 is 11.7 Å². The Kier molecular flexibility index (Phi) is 4.09. The minimum atomic E-state index is -0.414. The van der Waals surface area contributed by atoms with Gasteiger partial charge in [0, 0.05) is 19.6 Å². The van der Waals surface area contributed by atoms with Gasteiger partial charge < -0.3 is 15.3 Å². The number of likely N-dealkylation sites (tertiary alicyclic amines) is 1. The standard InChI is InChI=1S/C12H18N4O2/c1-2-4-14-11-7-13-6-10(15-11)12(18)16-5-3-9(17)8-16/h6-7,9,17H,2-5,8H2,1H3,(H,14,15). The van der Waals surface area contributed by atoms with Crippen LogP contribution in [0.15, 0.2) is 12.4 Å². The number of carbonyl (C=O) groups excluding carboxylic acids is 1. The molecule has 2 rings (SSSR count). The van der Waals surface area contributed by atoms with Gasteiger partial charge in [0.05, 0.1) is 18.5 Å². The van der Waals surface area contributed by atoms with Crippen molar-refractivity contribution in [2.45, 2.75) is 25.9 Å². The number of hydrogen-bond donors (Lipinski definition) is 2. The van der Waals surface area contributed by atoms with Gasteiger partial charge >= 0.3 is 0 Å². The minimum Gasteiger partial charge on any atom is -0.391 e. The monoisotopic (exact) mass is 250 g/mol. The van der Waals surface area contributed by atoms with Crippen molar-refractivity contribution in [2.24, 2.45) is 0 Å². The van der Waals surface area contributed by atoms with E-state index in [2.05, 4.69) is 22.2 Å². The number of anilines is 1. The van der Waals surface area contributed by atoms with Gasteiger partial charge in [-0.3, -0.25) is 9.78 Å². The molecule has 1 aliphatic heterocycles. The van der Waals surface area contributed by atoms with Gasteiger partial charge in [0.25, 0.3) is 5.91 Å². The highest BCUT2D eigenvalue weighted by molar-refractivity contribution is 5.92. The van der Waals surface area contributed by atoms with E-state index < -0.39 is 6.10 Å². The number of amides is 1. The smallest absolute Gasteiger partial charge is 0.274 e. The molecule has 2 heterocycles. The van der Waals surface area contributed by atoms with E-state index in [4.69, 9.17) is 0 Å². The lowest BCUT2D eigenvalue weighted by atomic mass is 10.3. The molecule has 1 fully saturated rings. The van der Waals surface area contributed by atoms with Gasteiger partial charge in [-0.1, -0.05) is 6.92 Å². The first-order valence-electron chi connectivity index (χ1n) is 6.24. The number of aliphatic hydroxyl groups excluding tert-OH is 1. The number of aromatic nitrogens is 2. The van der Waals surface area contributed by atoms with Gasteiger partial charge in [0.1, 0.15) is 11.5 Å². The van der Waals surface area contributed by atoms with Crippen molar-refractivity contribution in [1.82, 2.24) is 14.9 Å². The molecule has 0 aliphatic carbocycles. The molecular formula is C12H18N4O2. The maximum atomic E-state index is 12.1. The molecule has 1 saturated heterocycles. The summed E-state index contributed by atoms with van der Waals surface area (Å²) < 4.78 is 0. The summed E-state index contributed by atoms with van der Waals surface area (Å²) in [7, 11) is 0. The highest BCUT2D eigenvalue weighted by Crippen LogP contribution is 2.13. The predicted octanol–water partition coefficient (Wildman–Crippen LogP) is 0.505. The summed E-state index contributed by atoms with van der Waals surface area (Å²) in [5.41, 5.74) is 0.324. The Labute approximate surface area is 106 Å². The molecule has 18 heavy (non-hydrogen) atoms. The molecule has 1 amide bonds. The molecule has 0 radical (unpaired) electrons.